The molecule has 2 atom stereocenters. The molecule has 88 valence electrons. The normalized spacial score (nSPS) is 23.5. The van der Waals surface area contributed by atoms with Gasteiger partial charge in [0, 0.05) is 6.54 Å². The maximum atomic E-state index is 11.6. The van der Waals surface area contributed by atoms with E-state index in [4.69, 9.17) is 9.47 Å². The number of carbonyl (C=O) groups excluding carboxylic acids is 1. The SMILES string of the molecule is CNCC(C)CNC(=O)C1COCCO1. The van der Waals surface area contributed by atoms with Crippen molar-refractivity contribution in [1.82, 2.24) is 10.6 Å². The van der Waals surface area contributed by atoms with Crippen molar-refractivity contribution in [2.75, 3.05) is 40.0 Å². The van der Waals surface area contributed by atoms with Crippen molar-refractivity contribution in [2.24, 2.45) is 5.92 Å². The first kappa shape index (κ1) is 12.4. The molecule has 0 radical (unpaired) electrons. The lowest BCUT2D eigenvalue weighted by molar-refractivity contribution is -0.147. The fraction of sp³-hybridized carbons (Fsp3) is 0.900. The first-order chi connectivity index (χ1) is 7.24. The van der Waals surface area contributed by atoms with Gasteiger partial charge >= 0.3 is 0 Å². The maximum Gasteiger partial charge on any atom is 0.251 e. The summed E-state index contributed by atoms with van der Waals surface area (Å²) in [4.78, 5) is 11.6. The van der Waals surface area contributed by atoms with E-state index in [9.17, 15) is 4.79 Å². The van der Waals surface area contributed by atoms with Crippen molar-refractivity contribution in [3.8, 4) is 0 Å². The Labute approximate surface area is 90.5 Å². The third-order valence-electron chi connectivity index (χ3n) is 2.29. The van der Waals surface area contributed by atoms with Crippen molar-refractivity contribution >= 4 is 5.91 Å². The molecule has 0 aliphatic carbocycles. The fourth-order valence-corrected chi connectivity index (χ4v) is 1.45. The Bertz CT molecular complexity index is 193. The molecule has 1 saturated heterocycles. The van der Waals surface area contributed by atoms with E-state index >= 15 is 0 Å². The van der Waals surface area contributed by atoms with Crippen LogP contribution in [0.1, 0.15) is 6.92 Å². The summed E-state index contributed by atoms with van der Waals surface area (Å²) in [6.45, 7) is 5.09. The maximum absolute atomic E-state index is 11.6. The van der Waals surface area contributed by atoms with Gasteiger partial charge in [0.1, 0.15) is 0 Å². The summed E-state index contributed by atoms with van der Waals surface area (Å²) in [6.07, 6.45) is -0.430. The molecule has 0 aromatic carbocycles. The summed E-state index contributed by atoms with van der Waals surface area (Å²) >= 11 is 0. The molecule has 2 unspecified atom stereocenters. The van der Waals surface area contributed by atoms with Crippen LogP contribution in [0.4, 0.5) is 0 Å². The Balaban J connectivity index is 2.16. The number of carbonyl (C=O) groups is 1. The zero-order valence-electron chi connectivity index (χ0n) is 9.41. The molecule has 0 saturated carbocycles. The topological polar surface area (TPSA) is 59.6 Å². The second kappa shape index (κ2) is 6.76. The number of hydrogen-bond acceptors (Lipinski definition) is 4. The molecule has 0 bridgehead atoms. The van der Waals surface area contributed by atoms with Gasteiger partial charge in [-0.15, -0.1) is 0 Å². The van der Waals surface area contributed by atoms with Crippen LogP contribution in [0.15, 0.2) is 0 Å². The van der Waals surface area contributed by atoms with Gasteiger partial charge in [-0.2, -0.15) is 0 Å². The molecular weight excluding hydrogens is 196 g/mol. The van der Waals surface area contributed by atoms with Crippen molar-refractivity contribution in [1.29, 1.82) is 0 Å². The van der Waals surface area contributed by atoms with E-state index in [0.29, 0.717) is 32.3 Å². The standard InChI is InChI=1S/C10H20N2O3/c1-8(5-11-2)6-12-10(13)9-7-14-3-4-15-9/h8-9,11H,3-7H2,1-2H3,(H,12,13). The molecule has 1 rings (SSSR count). The van der Waals surface area contributed by atoms with Crippen LogP contribution in [0.5, 0.6) is 0 Å². The Morgan fingerprint density at radius 2 is 2.27 bits per heavy atom. The molecule has 1 fully saturated rings. The molecule has 2 N–H and O–H groups in total. The highest BCUT2D eigenvalue weighted by Gasteiger charge is 2.22. The summed E-state index contributed by atoms with van der Waals surface area (Å²) < 4.78 is 10.4. The van der Waals surface area contributed by atoms with E-state index in [-0.39, 0.29) is 5.91 Å². The Hall–Kier alpha value is -0.650. The zero-order chi connectivity index (χ0) is 11.1. The van der Waals surface area contributed by atoms with Crippen LogP contribution in [-0.2, 0) is 14.3 Å². The van der Waals surface area contributed by atoms with E-state index in [1.807, 2.05) is 7.05 Å². The van der Waals surface area contributed by atoms with Gasteiger partial charge in [-0.1, -0.05) is 6.92 Å². The second-order valence-electron chi connectivity index (χ2n) is 3.84. The van der Waals surface area contributed by atoms with Crippen LogP contribution >= 0.6 is 0 Å². The van der Waals surface area contributed by atoms with Gasteiger partial charge < -0.3 is 20.1 Å². The fourth-order valence-electron chi connectivity index (χ4n) is 1.45. The quantitative estimate of drug-likeness (QED) is 0.642. The monoisotopic (exact) mass is 216 g/mol. The summed E-state index contributed by atoms with van der Waals surface area (Å²) in [5.41, 5.74) is 0. The van der Waals surface area contributed by atoms with Crippen LogP contribution in [0.3, 0.4) is 0 Å². The van der Waals surface area contributed by atoms with E-state index < -0.39 is 6.10 Å². The average molecular weight is 216 g/mol. The Kier molecular flexibility index (Phi) is 5.60. The minimum atomic E-state index is -0.430. The summed E-state index contributed by atoms with van der Waals surface area (Å²) in [5, 5.41) is 5.92. The lowest BCUT2D eigenvalue weighted by atomic mass is 10.2. The van der Waals surface area contributed by atoms with Crippen LogP contribution in [0.25, 0.3) is 0 Å². The van der Waals surface area contributed by atoms with Gasteiger partial charge in [0.2, 0.25) is 0 Å². The largest absolute Gasteiger partial charge is 0.376 e. The van der Waals surface area contributed by atoms with E-state index in [2.05, 4.69) is 17.6 Å². The smallest absolute Gasteiger partial charge is 0.251 e. The first-order valence-electron chi connectivity index (χ1n) is 5.35. The Morgan fingerprint density at radius 3 is 2.87 bits per heavy atom. The van der Waals surface area contributed by atoms with Crippen molar-refractivity contribution < 1.29 is 14.3 Å². The van der Waals surface area contributed by atoms with Gasteiger partial charge in [-0.05, 0) is 19.5 Å². The van der Waals surface area contributed by atoms with E-state index in [1.165, 1.54) is 0 Å². The van der Waals surface area contributed by atoms with E-state index in [0.717, 1.165) is 6.54 Å². The number of hydrogen-bond donors (Lipinski definition) is 2. The highest BCUT2D eigenvalue weighted by molar-refractivity contribution is 5.80. The molecule has 5 heteroatoms. The number of ether oxygens (including phenoxy) is 2. The third kappa shape index (κ3) is 4.59. The summed E-state index contributed by atoms with van der Waals surface area (Å²) in [5.74, 6) is 0.348. The molecule has 1 aliphatic rings. The molecule has 1 amide bonds. The highest BCUT2D eigenvalue weighted by atomic mass is 16.6. The molecule has 0 aromatic rings. The highest BCUT2D eigenvalue weighted by Crippen LogP contribution is 2.00. The predicted octanol–water partition coefficient (Wildman–Crippen LogP) is -0.626. The molecule has 15 heavy (non-hydrogen) atoms. The minimum absolute atomic E-state index is 0.0716. The van der Waals surface area contributed by atoms with Gasteiger partial charge in [0.05, 0.1) is 19.8 Å². The molecule has 1 heterocycles. The molecule has 0 aromatic heterocycles. The van der Waals surface area contributed by atoms with E-state index in [1.54, 1.807) is 0 Å². The summed E-state index contributed by atoms with van der Waals surface area (Å²) in [6, 6.07) is 0. The minimum Gasteiger partial charge on any atom is -0.376 e. The van der Waals surface area contributed by atoms with Crippen molar-refractivity contribution in [3.63, 3.8) is 0 Å². The Morgan fingerprint density at radius 1 is 1.47 bits per heavy atom. The van der Waals surface area contributed by atoms with Crippen LogP contribution in [0.2, 0.25) is 0 Å². The van der Waals surface area contributed by atoms with Crippen molar-refractivity contribution in [2.45, 2.75) is 13.0 Å². The molecule has 0 spiro atoms. The summed E-state index contributed by atoms with van der Waals surface area (Å²) in [7, 11) is 1.90. The number of amides is 1. The second-order valence-corrected chi connectivity index (χ2v) is 3.84. The first-order valence-corrected chi connectivity index (χ1v) is 5.35. The molecular formula is C10H20N2O3. The predicted molar refractivity (Wildman–Crippen MR) is 56.7 cm³/mol. The average Bonchev–Trinajstić information content (AvgIpc) is 2.27. The zero-order valence-corrected chi connectivity index (χ0v) is 9.41. The van der Waals surface area contributed by atoms with Gasteiger partial charge in [0.15, 0.2) is 6.10 Å². The lowest BCUT2D eigenvalue weighted by Gasteiger charge is -2.22. The van der Waals surface area contributed by atoms with Gasteiger partial charge in [-0.25, -0.2) is 0 Å². The number of rotatable bonds is 5. The van der Waals surface area contributed by atoms with Gasteiger partial charge in [0.25, 0.3) is 5.91 Å². The van der Waals surface area contributed by atoms with Crippen LogP contribution in [0, 0.1) is 5.92 Å². The number of nitrogens with one attached hydrogen (secondary N) is 2. The van der Waals surface area contributed by atoms with Crippen molar-refractivity contribution in [3.05, 3.63) is 0 Å². The molecule has 5 nitrogen and oxygen atoms in total. The van der Waals surface area contributed by atoms with Crippen LogP contribution in [-0.4, -0.2) is 52.0 Å². The lowest BCUT2D eigenvalue weighted by Crippen LogP contribution is -2.44. The van der Waals surface area contributed by atoms with Gasteiger partial charge in [-0.3, -0.25) is 4.79 Å². The molecule has 1 aliphatic heterocycles. The van der Waals surface area contributed by atoms with Crippen LogP contribution < -0.4 is 10.6 Å². The third-order valence-corrected chi connectivity index (χ3v) is 2.29.